The van der Waals surface area contributed by atoms with Gasteiger partial charge >= 0.3 is 17.1 Å². The van der Waals surface area contributed by atoms with Gasteiger partial charge in [0.2, 0.25) is 0 Å². The van der Waals surface area contributed by atoms with Crippen LogP contribution in [0.4, 0.5) is 17.6 Å². The number of hydrogen-bond acceptors (Lipinski definition) is 5. The van der Waals surface area contributed by atoms with Gasteiger partial charge in [-0.15, -0.1) is 0 Å². The van der Waals surface area contributed by atoms with Crippen LogP contribution < -0.4 is 0 Å². The van der Waals surface area contributed by atoms with Gasteiger partial charge in [-0.05, 0) is 51.4 Å². The summed E-state index contributed by atoms with van der Waals surface area (Å²) in [6, 6.07) is 0. The number of carbonyl (C=O) groups is 1. The lowest BCUT2D eigenvalue weighted by Gasteiger charge is -2.36. The van der Waals surface area contributed by atoms with Crippen molar-refractivity contribution < 1.29 is 40.1 Å². The first kappa shape index (κ1) is 23.1. The van der Waals surface area contributed by atoms with E-state index >= 15 is 0 Å². The van der Waals surface area contributed by atoms with Crippen LogP contribution in [-0.4, -0.2) is 37.2 Å². The first-order valence-electron chi connectivity index (χ1n) is 8.41. The normalized spacial score (nSPS) is 26.3. The van der Waals surface area contributed by atoms with E-state index in [4.69, 9.17) is 0 Å². The van der Waals surface area contributed by atoms with Gasteiger partial charge < -0.3 is 9.29 Å². The molecule has 2 aliphatic carbocycles. The minimum absolute atomic E-state index is 0.0407. The first-order chi connectivity index (χ1) is 11.6. The topological polar surface area (TPSA) is 83.5 Å². The van der Waals surface area contributed by atoms with E-state index in [-0.39, 0.29) is 23.7 Å². The highest BCUT2D eigenvalue weighted by molar-refractivity contribution is 7.86. The molecule has 0 heterocycles. The van der Waals surface area contributed by atoms with Crippen LogP contribution >= 0.6 is 0 Å². The van der Waals surface area contributed by atoms with Crippen molar-refractivity contribution in [3.05, 3.63) is 0 Å². The predicted octanol–water partition coefficient (Wildman–Crippen LogP) is 3.79. The second-order valence-electron chi connectivity index (χ2n) is 7.60. The van der Waals surface area contributed by atoms with Crippen molar-refractivity contribution in [1.82, 2.24) is 0 Å². The largest absolute Gasteiger partial charge is 0.743 e. The molecular formula is C16H25F4O5S-. The molecule has 2 saturated carbocycles. The Morgan fingerprint density at radius 2 is 1.69 bits per heavy atom. The zero-order valence-corrected chi connectivity index (χ0v) is 16.0. The summed E-state index contributed by atoms with van der Waals surface area (Å²) in [7, 11) is -4.93. The standard InChI is InChI=1S/C9H12F4O3S.C7H14O2/c10-8(11,9(12,13)17(14,15)16)7-4-5-1-2-6(7)3-5;1-5-7(2,3)6(8)9-4/h5-7H,1-4H2,(H,14,15,16);5H2,1-4H3/p-1. The second-order valence-corrected chi connectivity index (χ2v) is 9.03. The average Bonchev–Trinajstić information content (AvgIpc) is 3.16. The van der Waals surface area contributed by atoms with Crippen LogP contribution in [0, 0.1) is 23.2 Å². The number of esters is 1. The summed E-state index contributed by atoms with van der Waals surface area (Å²) in [6.07, 6.45) is 2.24. The van der Waals surface area contributed by atoms with E-state index in [0.29, 0.717) is 19.3 Å². The molecule has 0 aromatic heterocycles. The molecule has 5 nitrogen and oxygen atoms in total. The maximum absolute atomic E-state index is 13.5. The van der Waals surface area contributed by atoms with Gasteiger partial charge in [-0.3, -0.25) is 4.79 Å². The molecular weight excluding hydrogens is 380 g/mol. The number of fused-ring (bicyclic) bond motifs is 2. The van der Waals surface area contributed by atoms with Gasteiger partial charge in [0.05, 0.1) is 12.5 Å². The minimum atomic E-state index is -6.35. The van der Waals surface area contributed by atoms with Crippen LogP contribution in [0.2, 0.25) is 0 Å². The van der Waals surface area contributed by atoms with Crippen molar-refractivity contribution >= 4 is 16.1 Å². The highest BCUT2D eigenvalue weighted by Crippen LogP contribution is 2.58. The van der Waals surface area contributed by atoms with Crippen molar-refractivity contribution in [1.29, 1.82) is 0 Å². The molecule has 10 heteroatoms. The van der Waals surface area contributed by atoms with Crippen LogP contribution in [0.5, 0.6) is 0 Å². The molecule has 0 N–H and O–H groups in total. The predicted molar refractivity (Wildman–Crippen MR) is 84.6 cm³/mol. The molecule has 26 heavy (non-hydrogen) atoms. The maximum Gasteiger partial charge on any atom is 0.396 e. The van der Waals surface area contributed by atoms with Gasteiger partial charge in [0, 0.05) is 5.92 Å². The highest BCUT2D eigenvalue weighted by Gasteiger charge is 2.68. The molecule has 2 rings (SSSR count). The lowest BCUT2D eigenvalue weighted by atomic mass is 9.84. The molecule has 0 aliphatic heterocycles. The fraction of sp³-hybridized carbons (Fsp3) is 0.938. The molecule has 0 saturated heterocycles. The number of rotatable bonds is 5. The molecule has 3 unspecified atom stereocenters. The molecule has 0 amide bonds. The van der Waals surface area contributed by atoms with Gasteiger partial charge in [-0.1, -0.05) is 13.3 Å². The van der Waals surface area contributed by atoms with E-state index < -0.39 is 33.1 Å². The van der Waals surface area contributed by atoms with Crippen molar-refractivity contribution in [3.8, 4) is 0 Å². The van der Waals surface area contributed by atoms with Gasteiger partial charge in [0.1, 0.15) is 0 Å². The molecule has 3 atom stereocenters. The Bertz CT molecular complexity index is 618. The van der Waals surface area contributed by atoms with E-state index in [1.807, 2.05) is 20.8 Å². The van der Waals surface area contributed by atoms with Crippen molar-refractivity contribution in [2.45, 2.75) is 64.1 Å². The van der Waals surface area contributed by atoms with Gasteiger partial charge in [0.15, 0.2) is 10.1 Å². The Morgan fingerprint density at radius 3 is 1.96 bits per heavy atom. The zero-order chi connectivity index (χ0) is 20.6. The SMILES string of the molecule is CCC(C)(C)C(=O)OC.O=S(=O)([O-])C(F)(F)C(F)(F)C1CC2CCC1C2. The molecule has 0 radical (unpaired) electrons. The Hall–Kier alpha value is -0.900. The third-order valence-corrected chi connectivity index (χ3v) is 6.43. The quantitative estimate of drug-likeness (QED) is 0.395. The summed E-state index contributed by atoms with van der Waals surface area (Å²) in [5, 5.41) is -5.52. The van der Waals surface area contributed by atoms with E-state index in [0.717, 1.165) is 6.42 Å². The van der Waals surface area contributed by atoms with Crippen LogP contribution in [0.25, 0.3) is 0 Å². The molecule has 2 bridgehead atoms. The van der Waals surface area contributed by atoms with Crippen LogP contribution in [0.1, 0.15) is 52.9 Å². The zero-order valence-electron chi connectivity index (χ0n) is 15.2. The summed E-state index contributed by atoms with van der Waals surface area (Å²) >= 11 is 0. The first-order valence-corrected chi connectivity index (χ1v) is 9.82. The number of alkyl halides is 4. The van der Waals surface area contributed by atoms with Crippen molar-refractivity contribution in [2.75, 3.05) is 7.11 Å². The third kappa shape index (κ3) is 4.32. The van der Waals surface area contributed by atoms with Gasteiger partial charge in [-0.2, -0.15) is 17.6 Å². The Morgan fingerprint density at radius 1 is 1.15 bits per heavy atom. The summed E-state index contributed by atoms with van der Waals surface area (Å²) in [5.41, 5.74) is -0.311. The molecule has 154 valence electrons. The maximum atomic E-state index is 13.5. The third-order valence-electron chi connectivity index (χ3n) is 5.53. The van der Waals surface area contributed by atoms with Crippen molar-refractivity contribution in [3.63, 3.8) is 0 Å². The molecule has 0 aromatic carbocycles. The Labute approximate surface area is 151 Å². The number of hydrogen-bond donors (Lipinski definition) is 0. The Balaban J connectivity index is 0.000000321. The van der Waals surface area contributed by atoms with E-state index in [2.05, 4.69) is 4.74 Å². The Kier molecular flexibility index (Phi) is 6.78. The number of carbonyl (C=O) groups excluding carboxylic acids is 1. The summed E-state index contributed by atoms with van der Waals surface area (Å²) in [5.74, 6) is -7.23. The number of halogens is 4. The summed E-state index contributed by atoms with van der Waals surface area (Å²) < 4.78 is 88.5. The van der Waals surface area contributed by atoms with E-state index in [1.54, 1.807) is 0 Å². The fourth-order valence-corrected chi connectivity index (χ4v) is 3.98. The lowest BCUT2D eigenvalue weighted by Crippen LogP contribution is -2.52. The summed E-state index contributed by atoms with van der Waals surface area (Å²) in [6.45, 7) is 5.72. The van der Waals surface area contributed by atoms with Gasteiger partial charge in [-0.25, -0.2) is 8.42 Å². The second kappa shape index (κ2) is 7.61. The highest BCUT2D eigenvalue weighted by atomic mass is 32.2. The van der Waals surface area contributed by atoms with E-state index in [1.165, 1.54) is 7.11 Å². The number of ether oxygens (including phenoxy) is 1. The van der Waals surface area contributed by atoms with Crippen molar-refractivity contribution in [2.24, 2.45) is 23.2 Å². The molecule has 0 aromatic rings. The smallest absolute Gasteiger partial charge is 0.396 e. The van der Waals surface area contributed by atoms with Crippen LogP contribution in [0.15, 0.2) is 0 Å². The molecule has 2 aliphatic rings. The van der Waals surface area contributed by atoms with Gasteiger partial charge in [0.25, 0.3) is 0 Å². The summed E-state index contributed by atoms with van der Waals surface area (Å²) in [4.78, 5) is 10.8. The molecule has 2 fully saturated rings. The monoisotopic (exact) mass is 405 g/mol. The lowest BCUT2D eigenvalue weighted by molar-refractivity contribution is -0.202. The average molecular weight is 405 g/mol. The minimum Gasteiger partial charge on any atom is -0.743 e. The van der Waals surface area contributed by atoms with E-state index in [9.17, 15) is 35.3 Å². The van der Waals surface area contributed by atoms with Crippen LogP contribution in [0.3, 0.4) is 0 Å². The number of methoxy groups -OCH3 is 1. The molecule has 0 spiro atoms. The van der Waals surface area contributed by atoms with Crippen LogP contribution in [-0.2, 0) is 19.6 Å². The fourth-order valence-electron chi connectivity index (χ4n) is 3.49.